The number of sulfonamides is 1. The monoisotopic (exact) mass is 396 g/mol. The topological polar surface area (TPSA) is 91.3 Å². The number of rotatable bonds is 8. The van der Waals surface area contributed by atoms with Crippen LogP contribution in [0.15, 0.2) is 34.3 Å². The summed E-state index contributed by atoms with van der Waals surface area (Å²) in [6, 6.07) is 6.91. The number of anilines is 2. The van der Waals surface area contributed by atoms with E-state index in [1.807, 2.05) is 34.3 Å². The molecule has 0 saturated heterocycles. The second-order valence-corrected chi connectivity index (χ2v) is 8.82. The first kappa shape index (κ1) is 20.4. The number of thioether (sulfide) groups is 1. The molecule has 0 bridgehead atoms. The molecule has 1 N–H and O–H groups in total. The average Bonchev–Trinajstić information content (AvgIpc) is 2.58. The van der Waals surface area contributed by atoms with Crippen molar-refractivity contribution in [3.8, 4) is 0 Å². The summed E-state index contributed by atoms with van der Waals surface area (Å²) in [6.07, 6.45) is 0. The summed E-state index contributed by atoms with van der Waals surface area (Å²) in [6.45, 7) is 2.06. The van der Waals surface area contributed by atoms with Crippen LogP contribution in [-0.4, -0.2) is 63.9 Å². The van der Waals surface area contributed by atoms with Crippen LogP contribution in [-0.2, 0) is 10.0 Å². The molecule has 0 fully saturated rings. The van der Waals surface area contributed by atoms with Crippen molar-refractivity contribution in [2.24, 2.45) is 0 Å². The van der Waals surface area contributed by atoms with Gasteiger partial charge in [0.2, 0.25) is 21.9 Å². The third kappa shape index (κ3) is 5.29. The molecule has 0 radical (unpaired) electrons. The summed E-state index contributed by atoms with van der Waals surface area (Å²) in [7, 11) is 3.92. The smallest absolute Gasteiger partial charge is 0.240 e. The highest BCUT2D eigenvalue weighted by atomic mass is 32.2. The van der Waals surface area contributed by atoms with Crippen molar-refractivity contribution in [3.63, 3.8) is 0 Å². The van der Waals surface area contributed by atoms with Crippen molar-refractivity contribution in [1.29, 1.82) is 0 Å². The summed E-state index contributed by atoms with van der Waals surface area (Å²) in [5, 5.41) is 0.558. The van der Waals surface area contributed by atoms with Gasteiger partial charge < -0.3 is 9.80 Å². The van der Waals surface area contributed by atoms with Crippen molar-refractivity contribution < 1.29 is 8.42 Å². The van der Waals surface area contributed by atoms with Gasteiger partial charge in [-0.2, -0.15) is 15.0 Å². The molecule has 8 nitrogen and oxygen atoms in total. The van der Waals surface area contributed by atoms with E-state index >= 15 is 0 Å². The standard InChI is InChI=1S/C16H24N6O2S2/c1-12-8-6-7-9-13(12)26(23,24)17-10-11-25-16-19-14(21(2)3)18-15(20-16)22(4)5/h6-9,17H,10-11H2,1-5H3. The molecule has 0 saturated carbocycles. The van der Waals surface area contributed by atoms with Gasteiger partial charge in [-0.1, -0.05) is 30.0 Å². The first-order valence-corrected chi connectivity index (χ1v) is 10.5. The lowest BCUT2D eigenvalue weighted by Crippen LogP contribution is -2.26. The summed E-state index contributed by atoms with van der Waals surface area (Å²) in [5.41, 5.74) is 0.719. The Morgan fingerprint density at radius 2 is 1.58 bits per heavy atom. The average molecular weight is 397 g/mol. The van der Waals surface area contributed by atoms with E-state index in [4.69, 9.17) is 0 Å². The molecule has 1 heterocycles. The van der Waals surface area contributed by atoms with Gasteiger partial charge >= 0.3 is 0 Å². The SMILES string of the molecule is Cc1ccccc1S(=O)(=O)NCCSc1nc(N(C)C)nc(N(C)C)n1. The Labute approximate surface area is 159 Å². The van der Waals surface area contributed by atoms with Gasteiger partial charge in [-0.25, -0.2) is 13.1 Å². The summed E-state index contributed by atoms with van der Waals surface area (Å²) in [4.78, 5) is 17.0. The summed E-state index contributed by atoms with van der Waals surface area (Å²) < 4.78 is 27.4. The fourth-order valence-corrected chi connectivity index (χ4v) is 4.14. The lowest BCUT2D eigenvalue weighted by Gasteiger charge is -2.16. The number of nitrogens with one attached hydrogen (secondary N) is 1. The molecule has 2 aromatic rings. The third-order valence-corrected chi connectivity index (χ3v) is 5.87. The van der Waals surface area contributed by atoms with Crippen molar-refractivity contribution in [2.45, 2.75) is 17.0 Å². The molecule has 0 atom stereocenters. The molecule has 26 heavy (non-hydrogen) atoms. The molecule has 10 heteroatoms. The number of benzene rings is 1. The fourth-order valence-electron chi connectivity index (χ4n) is 2.05. The molecule has 1 aromatic heterocycles. The maximum absolute atomic E-state index is 12.4. The number of aromatic nitrogens is 3. The van der Waals surface area contributed by atoms with E-state index in [0.29, 0.717) is 27.7 Å². The van der Waals surface area contributed by atoms with Crippen molar-refractivity contribution in [3.05, 3.63) is 29.8 Å². The van der Waals surface area contributed by atoms with Crippen LogP contribution in [0.4, 0.5) is 11.9 Å². The van der Waals surface area contributed by atoms with Gasteiger partial charge in [0.05, 0.1) is 4.90 Å². The molecule has 0 spiro atoms. The molecule has 0 aliphatic heterocycles. The largest absolute Gasteiger partial charge is 0.347 e. The van der Waals surface area contributed by atoms with Crippen LogP contribution in [0, 0.1) is 6.92 Å². The summed E-state index contributed by atoms with van der Waals surface area (Å²) in [5.74, 6) is 1.63. The minimum atomic E-state index is -3.52. The molecule has 0 aliphatic carbocycles. The molecule has 0 amide bonds. The molecule has 0 aliphatic rings. The molecule has 2 rings (SSSR count). The molecule has 1 aromatic carbocycles. The quantitative estimate of drug-likeness (QED) is 0.529. The van der Waals surface area contributed by atoms with Crippen LogP contribution >= 0.6 is 11.8 Å². The Balaban J connectivity index is 2.01. The lowest BCUT2D eigenvalue weighted by atomic mass is 10.2. The van der Waals surface area contributed by atoms with Crippen molar-refractivity contribution >= 4 is 33.7 Å². The van der Waals surface area contributed by atoms with E-state index in [0.717, 1.165) is 5.56 Å². The van der Waals surface area contributed by atoms with Crippen molar-refractivity contribution in [1.82, 2.24) is 19.7 Å². The van der Waals surface area contributed by atoms with Gasteiger partial charge in [0.15, 0.2) is 5.16 Å². The van der Waals surface area contributed by atoms with Crippen LogP contribution < -0.4 is 14.5 Å². The van der Waals surface area contributed by atoms with Crippen LogP contribution in [0.5, 0.6) is 0 Å². The minimum Gasteiger partial charge on any atom is -0.347 e. The zero-order valence-corrected chi connectivity index (χ0v) is 17.2. The number of aryl methyl sites for hydroxylation is 1. The third-order valence-electron chi connectivity index (χ3n) is 3.40. The van der Waals surface area contributed by atoms with Gasteiger partial charge in [0.1, 0.15) is 0 Å². The molecule has 0 unspecified atom stereocenters. The highest BCUT2D eigenvalue weighted by Gasteiger charge is 2.16. The zero-order chi connectivity index (χ0) is 19.3. The van der Waals surface area contributed by atoms with Crippen molar-refractivity contribution in [2.75, 3.05) is 50.3 Å². The Kier molecular flexibility index (Phi) is 6.79. The van der Waals surface area contributed by atoms with E-state index in [2.05, 4.69) is 19.7 Å². The highest BCUT2D eigenvalue weighted by molar-refractivity contribution is 7.99. The Morgan fingerprint density at radius 3 is 2.12 bits per heavy atom. The van der Waals surface area contributed by atoms with Crippen LogP contribution in [0.25, 0.3) is 0 Å². The molecule has 142 valence electrons. The van der Waals surface area contributed by atoms with E-state index in [9.17, 15) is 8.42 Å². The van der Waals surface area contributed by atoms with E-state index in [1.165, 1.54) is 11.8 Å². The van der Waals surface area contributed by atoms with Gasteiger partial charge in [0, 0.05) is 40.5 Å². The maximum Gasteiger partial charge on any atom is 0.240 e. The normalized spacial score (nSPS) is 11.4. The fraction of sp³-hybridized carbons (Fsp3) is 0.438. The Bertz CT molecular complexity index is 829. The van der Waals surface area contributed by atoms with Crippen LogP contribution in [0.2, 0.25) is 0 Å². The lowest BCUT2D eigenvalue weighted by molar-refractivity contribution is 0.583. The van der Waals surface area contributed by atoms with E-state index in [1.54, 1.807) is 34.9 Å². The second-order valence-electron chi connectivity index (χ2n) is 6.02. The van der Waals surface area contributed by atoms with E-state index < -0.39 is 10.0 Å². The Morgan fingerprint density at radius 1 is 1.00 bits per heavy atom. The predicted molar refractivity (Wildman–Crippen MR) is 106 cm³/mol. The zero-order valence-electron chi connectivity index (χ0n) is 15.6. The van der Waals surface area contributed by atoms with Gasteiger partial charge in [-0.15, -0.1) is 0 Å². The van der Waals surface area contributed by atoms with E-state index in [-0.39, 0.29) is 6.54 Å². The van der Waals surface area contributed by atoms with Crippen LogP contribution in [0.1, 0.15) is 5.56 Å². The van der Waals surface area contributed by atoms with Crippen LogP contribution in [0.3, 0.4) is 0 Å². The summed E-state index contributed by atoms with van der Waals surface area (Å²) >= 11 is 1.38. The van der Waals surface area contributed by atoms with Gasteiger partial charge in [-0.3, -0.25) is 0 Å². The molecular weight excluding hydrogens is 372 g/mol. The number of hydrogen-bond donors (Lipinski definition) is 1. The first-order chi connectivity index (χ1) is 12.2. The Hall–Kier alpha value is -1.91. The first-order valence-electron chi connectivity index (χ1n) is 7.99. The molecular formula is C16H24N6O2S2. The van der Waals surface area contributed by atoms with Gasteiger partial charge in [0.25, 0.3) is 0 Å². The predicted octanol–water partition coefficient (Wildman–Crippen LogP) is 1.38. The number of nitrogens with zero attached hydrogens (tertiary/aromatic N) is 5. The maximum atomic E-state index is 12.4. The number of hydrogen-bond acceptors (Lipinski definition) is 8. The second kappa shape index (κ2) is 8.65. The highest BCUT2D eigenvalue weighted by Crippen LogP contribution is 2.19. The van der Waals surface area contributed by atoms with Gasteiger partial charge in [-0.05, 0) is 18.6 Å². The minimum absolute atomic E-state index is 0.279.